The molecule has 11 heteroatoms. The first-order valence-corrected chi connectivity index (χ1v) is 31.3. The van der Waals surface area contributed by atoms with Crippen molar-refractivity contribution in [1.82, 2.24) is 5.32 Å². The quantitative estimate of drug-likeness (QED) is 0.0195. The van der Waals surface area contributed by atoms with Crippen molar-refractivity contribution in [2.45, 2.75) is 333 Å². The summed E-state index contributed by atoms with van der Waals surface area (Å²) in [4.78, 5) is 25.1. The first-order chi connectivity index (χ1) is 36.2. The van der Waals surface area contributed by atoms with Gasteiger partial charge in [0.1, 0.15) is 24.4 Å². The molecule has 0 saturated carbocycles. The van der Waals surface area contributed by atoms with Gasteiger partial charge in [-0.2, -0.15) is 0 Å². The molecule has 0 aliphatic carbocycles. The third-order valence-corrected chi connectivity index (χ3v) is 14.7. The van der Waals surface area contributed by atoms with Crippen LogP contribution in [-0.4, -0.2) is 100 Å². The Kier molecular flexibility index (Phi) is 50.0. The zero-order valence-corrected chi connectivity index (χ0v) is 47.8. The molecule has 434 valence electrons. The van der Waals surface area contributed by atoms with Crippen LogP contribution in [0.15, 0.2) is 36.5 Å². The van der Waals surface area contributed by atoms with E-state index in [-0.39, 0.29) is 18.5 Å². The molecule has 0 aromatic heterocycles. The molecule has 6 N–H and O–H groups in total. The predicted molar refractivity (Wildman–Crippen MR) is 306 cm³/mol. The van der Waals surface area contributed by atoms with E-state index in [1.165, 1.54) is 186 Å². The van der Waals surface area contributed by atoms with Crippen LogP contribution < -0.4 is 5.32 Å². The lowest BCUT2D eigenvalue weighted by Gasteiger charge is -2.40. The summed E-state index contributed by atoms with van der Waals surface area (Å²) in [6.45, 7) is 4.32. The van der Waals surface area contributed by atoms with Gasteiger partial charge in [0.15, 0.2) is 6.29 Å². The van der Waals surface area contributed by atoms with Crippen molar-refractivity contribution in [3.8, 4) is 0 Å². The summed E-state index contributed by atoms with van der Waals surface area (Å²) in [5, 5.41) is 54.4. The van der Waals surface area contributed by atoms with Crippen molar-refractivity contribution in [2.75, 3.05) is 19.8 Å². The second-order valence-corrected chi connectivity index (χ2v) is 21.8. The maximum atomic E-state index is 13.0. The van der Waals surface area contributed by atoms with Gasteiger partial charge in [0, 0.05) is 12.8 Å². The summed E-state index contributed by atoms with van der Waals surface area (Å²) in [7, 11) is 0. The molecule has 0 radical (unpaired) electrons. The summed E-state index contributed by atoms with van der Waals surface area (Å²) < 4.78 is 16.7. The lowest BCUT2D eigenvalue weighted by Crippen LogP contribution is -2.60. The molecule has 1 aliphatic rings. The van der Waals surface area contributed by atoms with Gasteiger partial charge >= 0.3 is 5.97 Å². The Balaban J connectivity index is 2.10. The van der Waals surface area contributed by atoms with Crippen LogP contribution in [0.5, 0.6) is 0 Å². The molecule has 0 bridgehead atoms. The van der Waals surface area contributed by atoms with Crippen LogP contribution in [-0.2, 0) is 23.8 Å². The lowest BCUT2D eigenvalue weighted by atomic mass is 9.99. The van der Waals surface area contributed by atoms with Gasteiger partial charge < -0.3 is 45.1 Å². The minimum atomic E-state index is -1.58. The highest BCUT2D eigenvalue weighted by molar-refractivity contribution is 5.76. The fourth-order valence-corrected chi connectivity index (χ4v) is 9.74. The van der Waals surface area contributed by atoms with Gasteiger partial charge in [0.05, 0.1) is 32.0 Å². The molecule has 0 aromatic carbocycles. The van der Waals surface area contributed by atoms with Crippen LogP contribution in [0, 0.1) is 0 Å². The smallest absolute Gasteiger partial charge is 0.305 e. The molecule has 1 rings (SSSR count). The fourth-order valence-electron chi connectivity index (χ4n) is 9.74. The van der Waals surface area contributed by atoms with E-state index < -0.39 is 49.5 Å². The molecular weight excluding hydrogens is 931 g/mol. The molecule has 7 unspecified atom stereocenters. The van der Waals surface area contributed by atoms with Gasteiger partial charge in [-0.1, -0.05) is 243 Å². The van der Waals surface area contributed by atoms with Gasteiger partial charge in [-0.05, 0) is 70.6 Å². The number of nitrogens with one attached hydrogen (secondary N) is 1. The molecular formula is C63H117NO10. The summed E-state index contributed by atoms with van der Waals surface area (Å²) in [5.41, 5.74) is 0. The number of ether oxygens (including phenoxy) is 3. The number of carbonyl (C=O) groups excluding carboxylic acids is 2. The molecule has 0 spiro atoms. The number of aliphatic hydroxyl groups is 5. The minimum Gasteiger partial charge on any atom is -0.466 e. The van der Waals surface area contributed by atoms with Crippen molar-refractivity contribution >= 4 is 11.9 Å². The van der Waals surface area contributed by atoms with E-state index in [2.05, 4.69) is 43.5 Å². The number of hydrogen-bond acceptors (Lipinski definition) is 10. The van der Waals surface area contributed by atoms with Crippen molar-refractivity contribution in [2.24, 2.45) is 0 Å². The van der Waals surface area contributed by atoms with Gasteiger partial charge in [-0.25, -0.2) is 0 Å². The van der Waals surface area contributed by atoms with Gasteiger partial charge in [-0.15, -0.1) is 0 Å². The average Bonchev–Trinajstić information content (AvgIpc) is 3.40. The summed E-state index contributed by atoms with van der Waals surface area (Å²) in [5.74, 6) is -0.205. The zero-order valence-electron chi connectivity index (χ0n) is 47.8. The van der Waals surface area contributed by atoms with Crippen LogP contribution in [0.4, 0.5) is 0 Å². The van der Waals surface area contributed by atoms with Crippen molar-refractivity contribution in [3.05, 3.63) is 36.5 Å². The molecule has 11 nitrogen and oxygen atoms in total. The number of esters is 1. The van der Waals surface area contributed by atoms with Gasteiger partial charge in [0.25, 0.3) is 0 Å². The number of carbonyl (C=O) groups is 2. The number of hydrogen-bond donors (Lipinski definition) is 6. The van der Waals surface area contributed by atoms with Gasteiger partial charge in [0.2, 0.25) is 5.91 Å². The van der Waals surface area contributed by atoms with Crippen LogP contribution in [0.2, 0.25) is 0 Å². The first kappa shape index (κ1) is 69.9. The third kappa shape index (κ3) is 42.0. The number of rotatable bonds is 54. The van der Waals surface area contributed by atoms with E-state index in [0.717, 1.165) is 77.0 Å². The molecule has 74 heavy (non-hydrogen) atoms. The standard InChI is InChI=1S/C63H117NO10/c1-3-5-7-9-11-13-15-16-26-30-33-37-41-45-49-56(66)55(54-73-63-62(71)61(70)60(69)57(53-65)74-63)64-58(67)50-46-42-38-34-31-27-24-22-20-18-17-19-21-23-25-28-32-36-40-44-48-52-72-59(68)51-47-43-39-35-29-14-12-10-8-6-4-2/h18,20,30,33,45,49,55-57,60-63,65-66,69-71H,3-17,19,21-29,31-32,34-44,46-48,50-54H2,1-2H3,(H,64,67)/b20-18-,33-30+,49-45+. The average molecular weight is 1050 g/mol. The van der Waals surface area contributed by atoms with E-state index in [1.807, 2.05) is 6.08 Å². The monoisotopic (exact) mass is 1050 g/mol. The van der Waals surface area contributed by atoms with Crippen molar-refractivity contribution < 1.29 is 49.3 Å². The van der Waals surface area contributed by atoms with E-state index in [9.17, 15) is 35.1 Å². The number of amides is 1. The Morgan fingerprint density at radius 3 is 1.34 bits per heavy atom. The molecule has 1 amide bonds. The largest absolute Gasteiger partial charge is 0.466 e. The zero-order chi connectivity index (χ0) is 53.8. The molecule has 1 saturated heterocycles. The van der Waals surface area contributed by atoms with Gasteiger partial charge in [-0.3, -0.25) is 9.59 Å². The van der Waals surface area contributed by atoms with E-state index in [1.54, 1.807) is 6.08 Å². The second kappa shape index (κ2) is 52.9. The number of unbranched alkanes of at least 4 members (excludes halogenated alkanes) is 36. The minimum absolute atomic E-state index is 0.00578. The highest BCUT2D eigenvalue weighted by Crippen LogP contribution is 2.23. The number of allylic oxidation sites excluding steroid dienone is 5. The Morgan fingerprint density at radius 2 is 0.878 bits per heavy atom. The summed E-state index contributed by atoms with van der Waals surface area (Å²) in [6, 6.07) is -0.833. The topological polar surface area (TPSA) is 175 Å². The third-order valence-electron chi connectivity index (χ3n) is 14.7. The maximum Gasteiger partial charge on any atom is 0.305 e. The Bertz CT molecular complexity index is 1320. The van der Waals surface area contributed by atoms with Crippen LogP contribution in [0.25, 0.3) is 0 Å². The Morgan fingerprint density at radius 1 is 0.486 bits per heavy atom. The normalized spacial score (nSPS) is 19.0. The highest BCUT2D eigenvalue weighted by atomic mass is 16.7. The predicted octanol–water partition coefficient (Wildman–Crippen LogP) is 14.7. The van der Waals surface area contributed by atoms with E-state index in [4.69, 9.17) is 14.2 Å². The number of aliphatic hydroxyl groups excluding tert-OH is 5. The second-order valence-electron chi connectivity index (χ2n) is 21.8. The molecule has 1 aliphatic heterocycles. The molecule has 1 fully saturated rings. The Labute approximate surface area is 453 Å². The summed E-state index contributed by atoms with van der Waals surface area (Å²) >= 11 is 0. The first-order valence-electron chi connectivity index (χ1n) is 31.3. The SMILES string of the molecule is CCCCCCCCCC/C=C/CC/C=C/C(O)C(COC1OC(CO)C(O)C(O)C1O)NC(=O)CCCCCCCCC/C=C\CCCCCCCCCCCCOC(=O)CCCCCCCCCCCCC. The van der Waals surface area contributed by atoms with E-state index in [0.29, 0.717) is 19.4 Å². The van der Waals surface area contributed by atoms with Crippen LogP contribution >= 0.6 is 0 Å². The lowest BCUT2D eigenvalue weighted by molar-refractivity contribution is -0.302. The van der Waals surface area contributed by atoms with Crippen molar-refractivity contribution in [3.63, 3.8) is 0 Å². The highest BCUT2D eigenvalue weighted by Gasteiger charge is 2.44. The molecule has 0 aromatic rings. The molecule has 1 heterocycles. The van der Waals surface area contributed by atoms with Crippen LogP contribution in [0.3, 0.4) is 0 Å². The maximum absolute atomic E-state index is 13.0. The summed E-state index contributed by atoms with van der Waals surface area (Å²) in [6.07, 6.45) is 55.2. The fraction of sp³-hybridized carbons (Fsp3) is 0.873. The Hall–Kier alpha value is -2.12. The van der Waals surface area contributed by atoms with E-state index >= 15 is 0 Å². The molecule has 7 atom stereocenters. The van der Waals surface area contributed by atoms with Crippen molar-refractivity contribution in [1.29, 1.82) is 0 Å². The van der Waals surface area contributed by atoms with Crippen LogP contribution in [0.1, 0.15) is 290 Å².